The van der Waals surface area contributed by atoms with Crippen LogP contribution in [0.4, 0.5) is 0 Å². The van der Waals surface area contributed by atoms with Crippen molar-refractivity contribution in [3.05, 3.63) is 12.7 Å². The van der Waals surface area contributed by atoms with Gasteiger partial charge in [0.05, 0.1) is 6.10 Å². The summed E-state index contributed by atoms with van der Waals surface area (Å²) in [6.45, 7) is 4.97. The topological polar surface area (TPSA) is 20.2 Å². The highest BCUT2D eigenvalue weighted by molar-refractivity contribution is 5.85. The van der Waals surface area contributed by atoms with Crippen LogP contribution in [0.5, 0.6) is 0 Å². The lowest BCUT2D eigenvalue weighted by Gasteiger charge is -1.84. The lowest BCUT2D eigenvalue weighted by molar-refractivity contribution is 0.244. The smallest absolute Gasteiger partial charge is 0.0690 e. The van der Waals surface area contributed by atoms with Gasteiger partial charge in [-0.2, -0.15) is 0 Å². The second kappa shape index (κ2) is 4.99. The number of aliphatic hydroxyl groups is 1. The Morgan fingerprint density at radius 1 is 1.83 bits per heavy atom. The zero-order valence-electron chi connectivity index (χ0n) is 3.72. The van der Waals surface area contributed by atoms with Crippen LogP contribution >= 0.6 is 12.4 Å². The number of rotatable bonds is 1. The third-order valence-electron chi connectivity index (χ3n) is 0.341. The fourth-order valence-electron chi connectivity index (χ4n) is 0. The van der Waals surface area contributed by atoms with Crippen molar-refractivity contribution in [3.63, 3.8) is 0 Å². The van der Waals surface area contributed by atoms with Gasteiger partial charge in [-0.15, -0.1) is 19.0 Å². The average Bonchev–Trinajstić information content (AvgIpc) is 1.38. The molecule has 0 aliphatic carbocycles. The Labute approximate surface area is 44.1 Å². The van der Waals surface area contributed by atoms with Gasteiger partial charge in [-0.3, -0.25) is 0 Å². The molecule has 0 saturated heterocycles. The molecule has 0 fully saturated rings. The van der Waals surface area contributed by atoms with E-state index in [-0.39, 0.29) is 18.5 Å². The van der Waals surface area contributed by atoms with Crippen LogP contribution in [0.3, 0.4) is 0 Å². The fraction of sp³-hybridized carbons (Fsp3) is 0.500. The van der Waals surface area contributed by atoms with E-state index in [1.54, 1.807) is 6.92 Å². The van der Waals surface area contributed by atoms with Crippen molar-refractivity contribution in [2.24, 2.45) is 0 Å². The second-order valence-electron chi connectivity index (χ2n) is 0.976. The van der Waals surface area contributed by atoms with Crippen LogP contribution in [-0.4, -0.2) is 11.2 Å². The third-order valence-corrected chi connectivity index (χ3v) is 0.341. The minimum atomic E-state index is -0.352. The van der Waals surface area contributed by atoms with Crippen LogP contribution in [0.25, 0.3) is 0 Å². The van der Waals surface area contributed by atoms with Crippen LogP contribution in [0.1, 0.15) is 6.92 Å². The van der Waals surface area contributed by atoms with Crippen LogP contribution < -0.4 is 0 Å². The quantitative estimate of drug-likeness (QED) is 0.497. The molecule has 1 unspecified atom stereocenters. The third kappa shape index (κ3) is 9.01. The Kier molecular flexibility index (Phi) is 7.79. The summed E-state index contributed by atoms with van der Waals surface area (Å²) in [5.74, 6) is 0. The van der Waals surface area contributed by atoms with Gasteiger partial charge in [0.2, 0.25) is 0 Å². The van der Waals surface area contributed by atoms with Crippen molar-refractivity contribution in [2.45, 2.75) is 13.0 Å². The summed E-state index contributed by atoms with van der Waals surface area (Å²) in [5.41, 5.74) is 0. The van der Waals surface area contributed by atoms with Gasteiger partial charge in [0.1, 0.15) is 0 Å². The molecular weight excluding hydrogens is 99.5 g/mol. The van der Waals surface area contributed by atoms with Crippen molar-refractivity contribution in [2.75, 3.05) is 0 Å². The largest absolute Gasteiger partial charge is 0.389 e. The molecule has 0 aliphatic rings. The van der Waals surface area contributed by atoms with Crippen molar-refractivity contribution < 1.29 is 5.11 Å². The zero-order chi connectivity index (χ0) is 4.28. The molecule has 0 amide bonds. The fourth-order valence-corrected chi connectivity index (χ4v) is 0. The molecule has 0 bridgehead atoms. The molecule has 0 heterocycles. The van der Waals surface area contributed by atoms with Gasteiger partial charge in [-0.25, -0.2) is 0 Å². The highest BCUT2D eigenvalue weighted by Gasteiger charge is 1.75. The number of aliphatic hydroxyl groups excluding tert-OH is 1. The molecule has 0 aliphatic heterocycles. The number of hydrogen-bond acceptors (Lipinski definition) is 1. The molecule has 0 aromatic rings. The van der Waals surface area contributed by atoms with Gasteiger partial charge in [0.15, 0.2) is 0 Å². The van der Waals surface area contributed by atoms with Gasteiger partial charge in [0.25, 0.3) is 0 Å². The Bertz CT molecular complexity index is 34.5. The Hall–Kier alpha value is -0.0100. The predicted molar refractivity (Wildman–Crippen MR) is 29.1 cm³/mol. The molecule has 0 radical (unpaired) electrons. The van der Waals surface area contributed by atoms with E-state index >= 15 is 0 Å². The first-order valence-corrected chi connectivity index (χ1v) is 1.58. The maximum atomic E-state index is 8.24. The molecular formula is C4H9ClO. The molecule has 2 heteroatoms. The van der Waals surface area contributed by atoms with E-state index in [1.807, 2.05) is 0 Å². The SMILES string of the molecule is C=CC(C)O.Cl. The summed E-state index contributed by atoms with van der Waals surface area (Å²) in [4.78, 5) is 0. The van der Waals surface area contributed by atoms with E-state index in [1.165, 1.54) is 6.08 Å². The summed E-state index contributed by atoms with van der Waals surface area (Å²) in [7, 11) is 0. The molecule has 38 valence electrons. The Morgan fingerprint density at radius 3 is 2.00 bits per heavy atom. The normalized spacial score (nSPS) is 11.7. The number of hydrogen-bond donors (Lipinski definition) is 1. The minimum Gasteiger partial charge on any atom is -0.389 e. The standard InChI is InChI=1S/C4H8O.ClH/c1-3-4(2)5;/h3-5H,1H2,2H3;1H. The van der Waals surface area contributed by atoms with E-state index in [0.29, 0.717) is 0 Å². The van der Waals surface area contributed by atoms with Crippen molar-refractivity contribution in [1.29, 1.82) is 0 Å². The first-order valence-electron chi connectivity index (χ1n) is 1.58. The van der Waals surface area contributed by atoms with E-state index in [2.05, 4.69) is 6.58 Å². The van der Waals surface area contributed by atoms with Crippen LogP contribution in [0.15, 0.2) is 12.7 Å². The van der Waals surface area contributed by atoms with Crippen molar-refractivity contribution in [1.82, 2.24) is 0 Å². The summed E-state index contributed by atoms with van der Waals surface area (Å²) in [6.07, 6.45) is 1.12. The first-order chi connectivity index (χ1) is 2.27. The van der Waals surface area contributed by atoms with Gasteiger partial charge >= 0.3 is 0 Å². The molecule has 1 nitrogen and oxygen atoms in total. The van der Waals surface area contributed by atoms with E-state index < -0.39 is 0 Å². The van der Waals surface area contributed by atoms with E-state index in [0.717, 1.165) is 0 Å². The summed E-state index contributed by atoms with van der Waals surface area (Å²) >= 11 is 0. The lowest BCUT2D eigenvalue weighted by Crippen LogP contribution is -1.88. The van der Waals surface area contributed by atoms with Gasteiger partial charge in [0, 0.05) is 0 Å². The van der Waals surface area contributed by atoms with Crippen LogP contribution in [0.2, 0.25) is 0 Å². The minimum absolute atomic E-state index is 0. The van der Waals surface area contributed by atoms with Crippen LogP contribution in [0, 0.1) is 0 Å². The zero-order valence-corrected chi connectivity index (χ0v) is 4.53. The van der Waals surface area contributed by atoms with E-state index in [4.69, 9.17) is 5.11 Å². The summed E-state index contributed by atoms with van der Waals surface area (Å²) in [5, 5.41) is 8.24. The van der Waals surface area contributed by atoms with Gasteiger partial charge in [-0.05, 0) is 6.92 Å². The highest BCUT2D eigenvalue weighted by atomic mass is 35.5. The molecule has 1 N–H and O–H groups in total. The summed E-state index contributed by atoms with van der Waals surface area (Å²) in [6, 6.07) is 0. The molecule has 1 atom stereocenters. The Morgan fingerprint density at radius 2 is 2.00 bits per heavy atom. The molecule has 0 spiro atoms. The van der Waals surface area contributed by atoms with Crippen molar-refractivity contribution in [3.8, 4) is 0 Å². The lowest BCUT2D eigenvalue weighted by atomic mass is 10.4. The average molecular weight is 109 g/mol. The maximum absolute atomic E-state index is 8.24. The molecule has 0 aromatic carbocycles. The summed E-state index contributed by atoms with van der Waals surface area (Å²) < 4.78 is 0. The highest BCUT2D eigenvalue weighted by Crippen LogP contribution is 1.73. The van der Waals surface area contributed by atoms with Gasteiger partial charge < -0.3 is 5.11 Å². The van der Waals surface area contributed by atoms with Crippen LogP contribution in [-0.2, 0) is 0 Å². The monoisotopic (exact) mass is 108 g/mol. The number of halogens is 1. The maximum Gasteiger partial charge on any atom is 0.0690 e. The van der Waals surface area contributed by atoms with Crippen molar-refractivity contribution >= 4 is 12.4 Å². The molecule has 0 aromatic heterocycles. The molecule has 0 rings (SSSR count). The first kappa shape index (κ1) is 9.37. The molecule has 0 saturated carbocycles. The molecule has 6 heavy (non-hydrogen) atoms. The van der Waals surface area contributed by atoms with E-state index in [9.17, 15) is 0 Å². The predicted octanol–water partition coefficient (Wildman–Crippen LogP) is 0.975. The Balaban J connectivity index is 0. The second-order valence-corrected chi connectivity index (χ2v) is 0.976. The van der Waals surface area contributed by atoms with Gasteiger partial charge in [-0.1, -0.05) is 6.08 Å².